The first-order valence-corrected chi connectivity index (χ1v) is 9.13. The van der Waals surface area contributed by atoms with Gasteiger partial charge in [0.05, 0.1) is 12.6 Å². The van der Waals surface area contributed by atoms with Crippen LogP contribution in [-0.4, -0.2) is 46.7 Å². The molecule has 3 unspecified atom stereocenters. The highest BCUT2D eigenvalue weighted by Gasteiger charge is 2.61. The molecule has 164 valence electrons. The number of aldehydes is 1. The zero-order valence-corrected chi connectivity index (χ0v) is 16.4. The molecule has 31 heavy (non-hydrogen) atoms. The van der Waals surface area contributed by atoms with Crippen LogP contribution in [-0.2, 0) is 25.3 Å². The van der Waals surface area contributed by atoms with E-state index in [4.69, 9.17) is 22.6 Å². The highest BCUT2D eigenvalue weighted by atomic mass is 19.1. The van der Waals surface area contributed by atoms with E-state index in [0.29, 0.717) is 6.29 Å². The molecule has 0 heterocycles. The summed E-state index contributed by atoms with van der Waals surface area (Å²) in [5.74, 6) is -3.62. The molecule has 0 aromatic heterocycles. The lowest BCUT2D eigenvalue weighted by Crippen LogP contribution is -2.68. The number of nitrogens with one attached hydrogen (secondary N) is 1. The second-order valence-corrected chi connectivity index (χ2v) is 7.05. The number of hydrogen-bond donors (Lipinski definition) is 6. The van der Waals surface area contributed by atoms with E-state index < -0.39 is 47.6 Å². The molecule has 10 heteroatoms. The van der Waals surface area contributed by atoms with E-state index in [1.807, 2.05) is 0 Å². The van der Waals surface area contributed by atoms with Gasteiger partial charge < -0.3 is 32.2 Å². The van der Waals surface area contributed by atoms with Gasteiger partial charge >= 0.3 is 5.97 Å². The number of nitrogen functional groups attached to an aromatic ring is 1. The molecule has 2 rings (SSSR count). The summed E-state index contributed by atoms with van der Waals surface area (Å²) in [4.78, 5) is 36.9. The van der Waals surface area contributed by atoms with Crippen LogP contribution in [0.4, 0.5) is 4.39 Å². The maximum Gasteiger partial charge on any atom is 0.329 e. The van der Waals surface area contributed by atoms with Gasteiger partial charge in [-0.15, -0.1) is 0 Å². The highest BCUT2D eigenvalue weighted by molar-refractivity contribution is 6.03. The summed E-state index contributed by atoms with van der Waals surface area (Å²) in [5, 5.41) is 28.1. The van der Waals surface area contributed by atoms with Crippen LogP contribution in [0.3, 0.4) is 0 Å². The summed E-state index contributed by atoms with van der Waals surface area (Å²) in [6.07, 6.45) is -0.0500. The molecule has 0 saturated carbocycles. The van der Waals surface area contributed by atoms with Crippen molar-refractivity contribution in [3.05, 3.63) is 71.0 Å². The molecule has 0 aliphatic heterocycles. The summed E-state index contributed by atoms with van der Waals surface area (Å²) in [7, 11) is 0. The first-order valence-electron chi connectivity index (χ1n) is 9.13. The minimum absolute atomic E-state index is 0.0272. The molecular weight excluding hydrogens is 407 g/mol. The zero-order chi connectivity index (χ0) is 23.4. The molecule has 2 aromatic rings. The number of aliphatic hydroxyl groups excluding tert-OH is 1. The molecular formula is C21H23FN4O5. The van der Waals surface area contributed by atoms with Crippen molar-refractivity contribution in [3.63, 3.8) is 0 Å². The Bertz CT molecular complexity index is 996. The first-order chi connectivity index (χ1) is 14.6. The second kappa shape index (κ2) is 9.13. The average molecular weight is 430 g/mol. The molecule has 0 amide bonds. The van der Waals surface area contributed by atoms with Crippen molar-refractivity contribution in [1.29, 1.82) is 5.41 Å². The quantitative estimate of drug-likeness (QED) is 0.169. The Kier molecular flexibility index (Phi) is 7.01. The minimum atomic E-state index is -2.59. The van der Waals surface area contributed by atoms with Crippen molar-refractivity contribution in [2.45, 2.75) is 23.4 Å². The van der Waals surface area contributed by atoms with Crippen molar-refractivity contribution in [1.82, 2.24) is 0 Å². The van der Waals surface area contributed by atoms with E-state index in [2.05, 4.69) is 0 Å². The number of carboxylic acids is 1. The molecule has 9 N–H and O–H groups in total. The zero-order valence-electron chi connectivity index (χ0n) is 16.4. The molecule has 0 radical (unpaired) electrons. The molecule has 2 aromatic carbocycles. The lowest BCUT2D eigenvalue weighted by atomic mass is 9.59. The summed E-state index contributed by atoms with van der Waals surface area (Å²) >= 11 is 0. The third-order valence-electron chi connectivity index (χ3n) is 5.34. The van der Waals surface area contributed by atoms with Crippen molar-refractivity contribution < 1.29 is 29.0 Å². The predicted molar refractivity (Wildman–Crippen MR) is 110 cm³/mol. The van der Waals surface area contributed by atoms with Gasteiger partial charge in [0.2, 0.25) is 0 Å². The van der Waals surface area contributed by atoms with Crippen LogP contribution in [0.5, 0.6) is 0 Å². The molecule has 0 spiro atoms. The summed E-state index contributed by atoms with van der Waals surface area (Å²) in [5.41, 5.74) is 12.8. The monoisotopic (exact) mass is 430 g/mol. The number of carbonyl (C=O) groups excluding carboxylic acids is 2. The lowest BCUT2D eigenvalue weighted by molar-refractivity contribution is -0.153. The van der Waals surface area contributed by atoms with Crippen LogP contribution >= 0.6 is 0 Å². The van der Waals surface area contributed by atoms with E-state index in [9.17, 15) is 29.0 Å². The number of rotatable bonds is 10. The Balaban J connectivity index is 2.90. The van der Waals surface area contributed by atoms with Crippen molar-refractivity contribution in [3.8, 4) is 0 Å². The van der Waals surface area contributed by atoms with Gasteiger partial charge in [0.1, 0.15) is 23.4 Å². The fourth-order valence-electron chi connectivity index (χ4n) is 3.58. The average Bonchev–Trinajstić information content (AvgIpc) is 2.75. The third-order valence-corrected chi connectivity index (χ3v) is 5.34. The lowest BCUT2D eigenvalue weighted by Gasteiger charge is -2.45. The number of benzene rings is 2. The number of halogens is 1. The SMILES string of the molecule is N=C(N)c1ccc(C(CO)(C(=O)C(N)CC=O)C(N)(C(=O)O)c2ccc(F)cc2)cc1. The molecule has 9 nitrogen and oxygen atoms in total. The van der Waals surface area contributed by atoms with Gasteiger partial charge in [0.25, 0.3) is 0 Å². The normalized spacial score (nSPS) is 15.9. The van der Waals surface area contributed by atoms with E-state index in [1.165, 1.54) is 24.3 Å². The smallest absolute Gasteiger partial charge is 0.329 e. The number of amidine groups is 1. The van der Waals surface area contributed by atoms with Crippen molar-refractivity contribution >= 4 is 23.9 Å². The van der Waals surface area contributed by atoms with Gasteiger partial charge in [-0.25, -0.2) is 9.18 Å². The maximum atomic E-state index is 13.5. The fraction of sp³-hybridized carbons (Fsp3) is 0.238. The van der Waals surface area contributed by atoms with Crippen LogP contribution in [0.1, 0.15) is 23.1 Å². The van der Waals surface area contributed by atoms with Gasteiger partial charge in [-0.2, -0.15) is 0 Å². The topological polar surface area (TPSA) is 194 Å². The number of carboxylic acid groups (broad SMARTS) is 1. The largest absolute Gasteiger partial charge is 0.480 e. The second-order valence-electron chi connectivity index (χ2n) is 7.05. The summed E-state index contributed by atoms with van der Waals surface area (Å²) in [6.45, 7) is -1.09. The number of hydrogen-bond acceptors (Lipinski definition) is 7. The maximum absolute atomic E-state index is 13.5. The molecule has 0 fully saturated rings. The number of aliphatic carboxylic acids is 1. The number of ketones is 1. The van der Waals surface area contributed by atoms with E-state index >= 15 is 0 Å². The molecule has 0 aliphatic carbocycles. The Labute approximate surface area is 177 Å². The molecule has 0 bridgehead atoms. The molecule has 0 aliphatic rings. The number of aliphatic hydroxyl groups is 1. The van der Waals surface area contributed by atoms with Gasteiger partial charge in [-0.3, -0.25) is 10.2 Å². The molecule has 3 atom stereocenters. The Morgan fingerprint density at radius 1 is 1.10 bits per heavy atom. The fourth-order valence-corrected chi connectivity index (χ4v) is 3.58. The summed E-state index contributed by atoms with van der Waals surface area (Å²) in [6, 6.07) is 7.96. The van der Waals surface area contributed by atoms with E-state index in [1.54, 1.807) is 0 Å². The number of carbonyl (C=O) groups is 3. The first kappa shape index (κ1) is 23.8. The van der Waals surface area contributed by atoms with Crippen LogP contribution < -0.4 is 17.2 Å². The van der Waals surface area contributed by atoms with Crippen molar-refractivity contribution in [2.75, 3.05) is 6.61 Å². The van der Waals surface area contributed by atoms with Crippen LogP contribution in [0.25, 0.3) is 0 Å². The van der Waals surface area contributed by atoms with Gasteiger partial charge in [-0.1, -0.05) is 36.4 Å². The van der Waals surface area contributed by atoms with Gasteiger partial charge in [0.15, 0.2) is 11.3 Å². The van der Waals surface area contributed by atoms with Crippen LogP contribution in [0, 0.1) is 11.2 Å². The number of Topliss-reactive ketones (excluding diaryl/α,β-unsaturated/α-hetero) is 1. The minimum Gasteiger partial charge on any atom is -0.480 e. The summed E-state index contributed by atoms with van der Waals surface area (Å²) < 4.78 is 13.5. The Hall–Kier alpha value is -3.47. The Morgan fingerprint density at radius 2 is 1.61 bits per heavy atom. The van der Waals surface area contributed by atoms with Crippen LogP contribution in [0.2, 0.25) is 0 Å². The number of nitrogens with two attached hydrogens (primary N) is 3. The standard InChI is InChI=1S/C21H23FN4O5/c22-15-7-5-14(6-8-15)21(26,19(30)31)20(11-28,17(29)16(23)9-10-27)13-3-1-12(2-4-13)18(24)25/h1-8,10,16,28H,9,11,23,26H2,(H3,24,25)(H,30,31). The van der Waals surface area contributed by atoms with Gasteiger partial charge in [0, 0.05) is 12.0 Å². The highest BCUT2D eigenvalue weighted by Crippen LogP contribution is 2.43. The molecule has 0 saturated heterocycles. The third kappa shape index (κ3) is 3.96. The Morgan fingerprint density at radius 3 is 2.03 bits per heavy atom. The van der Waals surface area contributed by atoms with Crippen LogP contribution in [0.15, 0.2) is 48.5 Å². The van der Waals surface area contributed by atoms with Gasteiger partial charge in [-0.05, 0) is 23.3 Å². The predicted octanol–water partition coefficient (Wildman–Crippen LogP) is -0.236. The van der Waals surface area contributed by atoms with E-state index in [-0.39, 0.29) is 22.5 Å². The van der Waals surface area contributed by atoms with Crippen molar-refractivity contribution in [2.24, 2.45) is 17.2 Å². The van der Waals surface area contributed by atoms with E-state index in [0.717, 1.165) is 24.3 Å².